The van der Waals surface area contributed by atoms with E-state index in [1.165, 1.54) is 17.0 Å². The Bertz CT molecular complexity index is 841. The molecule has 3 rings (SSSR count). The van der Waals surface area contributed by atoms with Crippen molar-refractivity contribution < 1.29 is 18.8 Å². The summed E-state index contributed by atoms with van der Waals surface area (Å²) in [5, 5.41) is 2.43. The van der Waals surface area contributed by atoms with E-state index in [1.54, 1.807) is 24.3 Å². The summed E-state index contributed by atoms with van der Waals surface area (Å²) in [5.41, 5.74) is 1.49. The Morgan fingerprint density at radius 3 is 2.56 bits per heavy atom. The number of hydrogen-bond acceptors (Lipinski definition) is 4. The minimum atomic E-state index is -0.499. The molecule has 2 aromatic rings. The van der Waals surface area contributed by atoms with Crippen molar-refractivity contribution in [3.63, 3.8) is 0 Å². The number of carbonyl (C=O) groups is 3. The van der Waals surface area contributed by atoms with E-state index in [4.69, 9.17) is 0 Å². The van der Waals surface area contributed by atoms with Crippen molar-refractivity contribution in [2.24, 2.45) is 0 Å². The summed E-state index contributed by atoms with van der Waals surface area (Å²) in [6, 6.07) is 10.6. The van der Waals surface area contributed by atoms with E-state index < -0.39 is 11.7 Å². The number of benzene rings is 2. The van der Waals surface area contributed by atoms with E-state index in [0.29, 0.717) is 10.2 Å². The van der Waals surface area contributed by atoms with Crippen molar-refractivity contribution >= 4 is 50.4 Å². The smallest absolute Gasteiger partial charge is 0.289 e. The molecule has 0 aromatic heterocycles. The topological polar surface area (TPSA) is 66.5 Å². The lowest BCUT2D eigenvalue weighted by atomic mass is 10.1. The average Bonchev–Trinajstić information content (AvgIpc) is 2.90. The first-order chi connectivity index (χ1) is 11.9. The number of imide groups is 1. The Kier molecular flexibility index (Phi) is 5.19. The first-order valence-corrected chi connectivity index (χ1v) is 9.04. The number of carbonyl (C=O) groups excluding carboxylic acids is 3. The van der Waals surface area contributed by atoms with Crippen LogP contribution in [0.15, 0.2) is 46.9 Å². The van der Waals surface area contributed by atoms with Crippen molar-refractivity contribution in [3.8, 4) is 0 Å². The molecule has 1 fully saturated rings. The van der Waals surface area contributed by atoms with Gasteiger partial charge >= 0.3 is 0 Å². The second-order valence-corrected chi connectivity index (χ2v) is 7.09. The molecule has 1 aliphatic rings. The van der Waals surface area contributed by atoms with Gasteiger partial charge in [0.25, 0.3) is 11.1 Å². The van der Waals surface area contributed by atoms with Crippen molar-refractivity contribution in [1.82, 2.24) is 4.90 Å². The van der Waals surface area contributed by atoms with Crippen molar-refractivity contribution in [2.75, 3.05) is 11.1 Å². The summed E-state index contributed by atoms with van der Waals surface area (Å²) in [5.74, 6) is -0.972. The number of rotatable bonds is 4. The zero-order valence-corrected chi connectivity index (χ0v) is 15.2. The van der Waals surface area contributed by atoms with E-state index in [0.717, 1.165) is 23.4 Å². The van der Waals surface area contributed by atoms with Crippen LogP contribution < -0.4 is 5.32 Å². The molecule has 8 heteroatoms. The Hall–Kier alpha value is -2.19. The van der Waals surface area contributed by atoms with Crippen molar-refractivity contribution in [1.29, 1.82) is 0 Å². The molecule has 5 nitrogen and oxygen atoms in total. The second-order valence-electron chi connectivity index (χ2n) is 5.31. The Morgan fingerprint density at radius 2 is 1.92 bits per heavy atom. The fourth-order valence-electron chi connectivity index (χ4n) is 2.28. The zero-order valence-electron chi connectivity index (χ0n) is 12.8. The number of anilines is 1. The van der Waals surface area contributed by atoms with Gasteiger partial charge in [0.2, 0.25) is 5.91 Å². The van der Waals surface area contributed by atoms with Crippen LogP contribution in [0.3, 0.4) is 0 Å². The summed E-state index contributed by atoms with van der Waals surface area (Å²) in [6.45, 7) is 0.203. The lowest BCUT2D eigenvalue weighted by molar-refractivity contribution is -0.125. The molecule has 0 spiro atoms. The van der Waals surface area contributed by atoms with Crippen LogP contribution in [0.5, 0.6) is 0 Å². The van der Waals surface area contributed by atoms with E-state index in [-0.39, 0.29) is 29.0 Å². The van der Waals surface area contributed by atoms with Crippen LogP contribution in [-0.2, 0) is 11.3 Å². The molecular weight excluding hydrogens is 411 g/mol. The molecule has 0 aliphatic carbocycles. The van der Waals surface area contributed by atoms with Gasteiger partial charge in [-0.15, -0.1) is 0 Å². The summed E-state index contributed by atoms with van der Waals surface area (Å²) >= 11 is 4.21. The normalized spacial score (nSPS) is 14.1. The molecule has 1 saturated heterocycles. The van der Waals surface area contributed by atoms with Crippen LogP contribution >= 0.6 is 27.7 Å². The largest absolute Gasteiger partial charge is 0.322 e. The minimum Gasteiger partial charge on any atom is -0.322 e. The van der Waals surface area contributed by atoms with Gasteiger partial charge in [-0.2, -0.15) is 0 Å². The highest BCUT2D eigenvalue weighted by molar-refractivity contribution is 9.10. The van der Waals surface area contributed by atoms with Crippen molar-refractivity contribution in [2.45, 2.75) is 6.54 Å². The molecule has 1 heterocycles. The van der Waals surface area contributed by atoms with Gasteiger partial charge in [-0.1, -0.05) is 23.9 Å². The van der Waals surface area contributed by atoms with E-state index in [1.807, 2.05) is 0 Å². The molecule has 128 valence electrons. The third-order valence-electron chi connectivity index (χ3n) is 3.57. The van der Waals surface area contributed by atoms with E-state index >= 15 is 0 Å². The van der Waals surface area contributed by atoms with Crippen molar-refractivity contribution in [3.05, 3.63) is 63.9 Å². The standard InChI is InChI=1S/C17H12BrFN2O3S/c18-14-6-3-11(19)7-13(14)16(23)20-12-4-1-10(2-5-12)8-21-15(22)9-25-17(21)24/h1-7H,8-9H2,(H,20,23). The number of nitrogens with zero attached hydrogens (tertiary/aromatic N) is 1. The fourth-order valence-corrected chi connectivity index (χ4v) is 3.43. The maximum absolute atomic E-state index is 13.3. The average molecular weight is 423 g/mol. The highest BCUT2D eigenvalue weighted by Gasteiger charge is 2.29. The van der Waals surface area contributed by atoms with Crippen LogP contribution in [0.25, 0.3) is 0 Å². The van der Waals surface area contributed by atoms with Crippen LogP contribution in [-0.4, -0.2) is 27.7 Å². The molecule has 2 aromatic carbocycles. The predicted octanol–water partition coefficient (Wildman–Crippen LogP) is 4.04. The molecule has 25 heavy (non-hydrogen) atoms. The first kappa shape index (κ1) is 17.6. The van der Waals surface area contributed by atoms with Crippen LogP contribution in [0, 0.1) is 5.82 Å². The maximum atomic E-state index is 13.3. The van der Waals surface area contributed by atoms with Crippen LogP contribution in [0.2, 0.25) is 0 Å². The summed E-state index contributed by atoms with van der Waals surface area (Å²) in [6.07, 6.45) is 0. The van der Waals surface area contributed by atoms with Gasteiger partial charge in [0.05, 0.1) is 17.9 Å². The zero-order chi connectivity index (χ0) is 18.0. The molecule has 0 atom stereocenters. The molecule has 1 N–H and O–H groups in total. The van der Waals surface area contributed by atoms with Gasteiger partial charge in [0.1, 0.15) is 5.82 Å². The van der Waals surface area contributed by atoms with E-state index in [2.05, 4.69) is 21.2 Å². The number of hydrogen-bond donors (Lipinski definition) is 1. The van der Waals surface area contributed by atoms with Crippen LogP contribution in [0.1, 0.15) is 15.9 Å². The van der Waals surface area contributed by atoms with E-state index in [9.17, 15) is 18.8 Å². The molecule has 0 radical (unpaired) electrons. The van der Waals surface area contributed by atoms with Gasteiger partial charge in [0, 0.05) is 10.2 Å². The lowest BCUT2D eigenvalue weighted by Crippen LogP contribution is -2.27. The predicted molar refractivity (Wildman–Crippen MR) is 96.9 cm³/mol. The molecule has 3 amide bonds. The number of thioether (sulfide) groups is 1. The minimum absolute atomic E-state index is 0.176. The maximum Gasteiger partial charge on any atom is 0.289 e. The van der Waals surface area contributed by atoms with Gasteiger partial charge in [-0.05, 0) is 51.8 Å². The molecular formula is C17H12BrFN2O3S. The lowest BCUT2D eigenvalue weighted by Gasteiger charge is -2.13. The summed E-state index contributed by atoms with van der Waals surface area (Å²) < 4.78 is 13.8. The van der Waals surface area contributed by atoms with Gasteiger partial charge in [-0.3, -0.25) is 19.3 Å². The number of nitrogens with one attached hydrogen (secondary N) is 1. The SMILES string of the molecule is O=C(Nc1ccc(CN2C(=O)CSC2=O)cc1)c1cc(F)ccc1Br. The Labute approximate surface area is 155 Å². The molecule has 0 saturated carbocycles. The Morgan fingerprint density at radius 1 is 1.20 bits per heavy atom. The second kappa shape index (κ2) is 7.37. The summed E-state index contributed by atoms with van der Waals surface area (Å²) in [4.78, 5) is 36.6. The fraction of sp³-hybridized carbons (Fsp3) is 0.118. The Balaban J connectivity index is 1.68. The molecule has 1 aliphatic heterocycles. The van der Waals surface area contributed by atoms with Crippen LogP contribution in [0.4, 0.5) is 14.9 Å². The highest BCUT2D eigenvalue weighted by Crippen LogP contribution is 2.23. The van der Waals surface area contributed by atoms with Gasteiger partial charge in [-0.25, -0.2) is 4.39 Å². The number of amides is 3. The monoisotopic (exact) mass is 422 g/mol. The quantitative estimate of drug-likeness (QED) is 0.807. The molecule has 0 unspecified atom stereocenters. The van der Waals surface area contributed by atoms with Gasteiger partial charge < -0.3 is 5.32 Å². The third-order valence-corrected chi connectivity index (χ3v) is 5.12. The molecule has 0 bridgehead atoms. The first-order valence-electron chi connectivity index (χ1n) is 7.26. The van der Waals surface area contributed by atoms with Gasteiger partial charge in [0.15, 0.2) is 0 Å². The highest BCUT2D eigenvalue weighted by atomic mass is 79.9. The third kappa shape index (κ3) is 4.08. The summed E-state index contributed by atoms with van der Waals surface area (Å²) in [7, 11) is 0. The number of halogens is 2.